The van der Waals surface area contributed by atoms with Gasteiger partial charge in [-0.2, -0.15) is 0 Å². The van der Waals surface area contributed by atoms with Crippen molar-refractivity contribution in [2.24, 2.45) is 0 Å². The van der Waals surface area contributed by atoms with Gasteiger partial charge >= 0.3 is 6.03 Å². The van der Waals surface area contributed by atoms with Gasteiger partial charge in [0.15, 0.2) is 0 Å². The number of rotatable bonds is 6. The fourth-order valence-corrected chi connectivity index (χ4v) is 3.21. The Balaban J connectivity index is 1.51. The molecule has 0 spiro atoms. The van der Waals surface area contributed by atoms with Gasteiger partial charge in [0.25, 0.3) is 0 Å². The number of amides is 2. The number of likely N-dealkylation sites (tertiary alicyclic amines) is 1. The molecule has 2 aromatic rings. The van der Waals surface area contributed by atoms with Crippen LogP contribution in [-0.2, 0) is 17.8 Å². The van der Waals surface area contributed by atoms with Crippen LogP contribution in [0.3, 0.4) is 0 Å². The molecule has 0 aliphatic carbocycles. The molecule has 134 valence electrons. The highest BCUT2D eigenvalue weighted by Crippen LogP contribution is 2.13. The van der Waals surface area contributed by atoms with Crippen molar-refractivity contribution in [2.45, 2.75) is 39.0 Å². The summed E-state index contributed by atoms with van der Waals surface area (Å²) in [7, 11) is 0. The quantitative estimate of drug-likeness (QED) is 0.878. The van der Waals surface area contributed by atoms with E-state index in [-0.39, 0.29) is 12.1 Å². The molecule has 6 nitrogen and oxygen atoms in total. The number of carbonyl (C=O) groups excluding carboxylic acids is 1. The molecule has 2 heterocycles. The van der Waals surface area contributed by atoms with E-state index in [1.165, 1.54) is 5.56 Å². The first-order valence-electron chi connectivity index (χ1n) is 8.92. The molecule has 0 radical (unpaired) electrons. The zero-order valence-corrected chi connectivity index (χ0v) is 14.7. The summed E-state index contributed by atoms with van der Waals surface area (Å²) in [6, 6.07) is 8.27. The number of piperidine rings is 1. The lowest BCUT2D eigenvalue weighted by molar-refractivity contribution is 0.0164. The van der Waals surface area contributed by atoms with Crippen molar-refractivity contribution < 1.29 is 9.53 Å². The predicted octanol–water partition coefficient (Wildman–Crippen LogP) is 2.64. The van der Waals surface area contributed by atoms with E-state index in [0.29, 0.717) is 19.7 Å². The molecule has 0 saturated carbocycles. The van der Waals surface area contributed by atoms with Crippen LogP contribution < -0.4 is 5.32 Å². The highest BCUT2D eigenvalue weighted by molar-refractivity contribution is 5.74. The lowest BCUT2D eigenvalue weighted by Crippen LogP contribution is -2.47. The number of benzene rings is 1. The van der Waals surface area contributed by atoms with Crippen LogP contribution in [0.25, 0.3) is 0 Å². The van der Waals surface area contributed by atoms with Crippen LogP contribution in [-0.4, -0.2) is 46.3 Å². The largest absolute Gasteiger partial charge is 0.377 e. The fraction of sp³-hybridized carbons (Fsp3) is 0.474. The van der Waals surface area contributed by atoms with Gasteiger partial charge < -0.3 is 19.5 Å². The van der Waals surface area contributed by atoms with Crippen molar-refractivity contribution in [3.63, 3.8) is 0 Å². The van der Waals surface area contributed by atoms with Crippen LogP contribution in [0.5, 0.6) is 0 Å². The molecule has 1 saturated heterocycles. The summed E-state index contributed by atoms with van der Waals surface area (Å²) >= 11 is 0. The average molecular weight is 342 g/mol. The molecule has 1 N–H and O–H groups in total. The molecule has 3 rings (SSSR count). The van der Waals surface area contributed by atoms with Gasteiger partial charge in [-0.15, -0.1) is 0 Å². The van der Waals surface area contributed by atoms with Gasteiger partial charge in [0.05, 0.1) is 12.4 Å². The lowest BCUT2D eigenvalue weighted by atomic mass is 10.1. The minimum absolute atomic E-state index is 0.00980. The van der Waals surface area contributed by atoms with Gasteiger partial charge in [-0.25, -0.2) is 9.78 Å². The second kappa shape index (κ2) is 8.67. The smallest absolute Gasteiger partial charge is 0.317 e. The third kappa shape index (κ3) is 5.06. The number of hydrogen-bond acceptors (Lipinski definition) is 3. The van der Waals surface area contributed by atoms with E-state index in [2.05, 4.69) is 22.4 Å². The van der Waals surface area contributed by atoms with E-state index in [1.54, 1.807) is 12.5 Å². The van der Waals surface area contributed by atoms with Crippen LogP contribution in [0.4, 0.5) is 4.79 Å². The maximum absolute atomic E-state index is 12.4. The number of urea groups is 1. The lowest BCUT2D eigenvalue weighted by Gasteiger charge is -2.32. The zero-order valence-electron chi connectivity index (χ0n) is 14.7. The molecule has 1 aliphatic rings. The Bertz CT molecular complexity index is 670. The normalized spacial score (nSPS) is 17.5. The van der Waals surface area contributed by atoms with Crippen molar-refractivity contribution in [3.05, 3.63) is 54.1 Å². The van der Waals surface area contributed by atoms with Gasteiger partial charge in [0.1, 0.15) is 0 Å². The van der Waals surface area contributed by atoms with Gasteiger partial charge in [0, 0.05) is 45.2 Å². The summed E-state index contributed by atoms with van der Waals surface area (Å²) in [5, 5.41) is 3.03. The predicted molar refractivity (Wildman–Crippen MR) is 96.2 cm³/mol. The van der Waals surface area contributed by atoms with E-state index in [9.17, 15) is 4.79 Å². The van der Waals surface area contributed by atoms with Crippen molar-refractivity contribution in [1.29, 1.82) is 0 Å². The summed E-state index contributed by atoms with van der Waals surface area (Å²) in [5.74, 6) is 0. The standard InChI is InChI=1S/C19H26N4O2/c1-2-25-18-7-4-9-23(14-18)19(24)21-12-16-5-3-6-17(11-16)13-22-10-8-20-15-22/h3,5-6,8,10-11,15,18H,2,4,7,9,12-14H2,1H3,(H,21,24)/t18-/m0/s1. The second-order valence-electron chi connectivity index (χ2n) is 6.38. The van der Waals surface area contributed by atoms with Crippen LogP contribution in [0.2, 0.25) is 0 Å². The molecular formula is C19H26N4O2. The Morgan fingerprint density at radius 3 is 3.08 bits per heavy atom. The summed E-state index contributed by atoms with van der Waals surface area (Å²) in [4.78, 5) is 18.3. The van der Waals surface area contributed by atoms with Gasteiger partial charge in [-0.05, 0) is 30.9 Å². The summed E-state index contributed by atoms with van der Waals surface area (Å²) in [6.07, 6.45) is 7.73. The van der Waals surface area contributed by atoms with Gasteiger partial charge in [-0.1, -0.05) is 24.3 Å². The van der Waals surface area contributed by atoms with Crippen molar-refractivity contribution in [2.75, 3.05) is 19.7 Å². The minimum Gasteiger partial charge on any atom is -0.377 e. The molecule has 25 heavy (non-hydrogen) atoms. The molecular weight excluding hydrogens is 316 g/mol. The Hall–Kier alpha value is -2.34. The molecule has 2 amide bonds. The second-order valence-corrected chi connectivity index (χ2v) is 6.38. The van der Waals surface area contributed by atoms with Crippen LogP contribution in [0.15, 0.2) is 43.0 Å². The number of nitrogens with zero attached hydrogens (tertiary/aromatic N) is 3. The first-order valence-corrected chi connectivity index (χ1v) is 8.92. The summed E-state index contributed by atoms with van der Waals surface area (Å²) in [6.45, 7) is 5.49. The highest BCUT2D eigenvalue weighted by Gasteiger charge is 2.23. The number of nitrogens with one attached hydrogen (secondary N) is 1. The molecule has 1 aliphatic heterocycles. The SMILES string of the molecule is CCO[C@H]1CCCN(C(=O)NCc2cccc(Cn3ccnc3)c2)C1. The Kier molecular flexibility index (Phi) is 6.06. The van der Waals surface area contributed by atoms with Gasteiger partial charge in [-0.3, -0.25) is 0 Å². The molecule has 0 bridgehead atoms. The van der Waals surface area contributed by atoms with E-state index in [1.807, 2.05) is 34.7 Å². The van der Waals surface area contributed by atoms with Crippen molar-refractivity contribution >= 4 is 6.03 Å². The van der Waals surface area contributed by atoms with E-state index in [0.717, 1.165) is 31.5 Å². The average Bonchev–Trinajstić information content (AvgIpc) is 3.13. The minimum atomic E-state index is -0.00980. The Morgan fingerprint density at radius 1 is 1.40 bits per heavy atom. The number of aromatic nitrogens is 2. The van der Waals surface area contributed by atoms with E-state index >= 15 is 0 Å². The van der Waals surface area contributed by atoms with Crippen LogP contribution in [0.1, 0.15) is 30.9 Å². The number of carbonyl (C=O) groups is 1. The Morgan fingerprint density at radius 2 is 2.28 bits per heavy atom. The number of imidazole rings is 1. The van der Waals surface area contributed by atoms with Crippen LogP contribution >= 0.6 is 0 Å². The molecule has 6 heteroatoms. The number of ether oxygens (including phenoxy) is 1. The maximum Gasteiger partial charge on any atom is 0.317 e. The maximum atomic E-state index is 12.4. The van der Waals surface area contributed by atoms with E-state index in [4.69, 9.17) is 4.74 Å². The first kappa shape index (κ1) is 17.5. The third-order valence-electron chi connectivity index (χ3n) is 4.43. The third-order valence-corrected chi connectivity index (χ3v) is 4.43. The molecule has 1 aromatic heterocycles. The molecule has 1 fully saturated rings. The number of hydrogen-bond donors (Lipinski definition) is 1. The fourth-order valence-electron chi connectivity index (χ4n) is 3.21. The van der Waals surface area contributed by atoms with Crippen molar-refractivity contribution in [1.82, 2.24) is 19.8 Å². The van der Waals surface area contributed by atoms with Crippen LogP contribution in [0, 0.1) is 0 Å². The highest BCUT2D eigenvalue weighted by atomic mass is 16.5. The summed E-state index contributed by atoms with van der Waals surface area (Å²) < 4.78 is 7.69. The monoisotopic (exact) mass is 342 g/mol. The van der Waals surface area contributed by atoms with Crippen molar-refractivity contribution in [3.8, 4) is 0 Å². The zero-order chi connectivity index (χ0) is 17.5. The molecule has 1 atom stereocenters. The van der Waals surface area contributed by atoms with E-state index < -0.39 is 0 Å². The molecule has 1 aromatic carbocycles. The summed E-state index contributed by atoms with van der Waals surface area (Å²) in [5.41, 5.74) is 2.29. The first-order chi connectivity index (χ1) is 12.2. The van der Waals surface area contributed by atoms with Gasteiger partial charge in [0.2, 0.25) is 0 Å². The Labute approximate surface area is 148 Å². The topological polar surface area (TPSA) is 59.4 Å². The molecule has 0 unspecified atom stereocenters.